The van der Waals surface area contributed by atoms with Crippen molar-refractivity contribution in [3.63, 3.8) is 0 Å². The van der Waals surface area contributed by atoms with Gasteiger partial charge in [-0.05, 0) is 0 Å². The Bertz CT molecular complexity index is 29.6. The summed E-state index contributed by atoms with van der Waals surface area (Å²) in [6.07, 6.45) is 2.67. The van der Waals surface area contributed by atoms with Gasteiger partial charge in [0, 0.05) is 0 Å². The molecule has 0 aliphatic carbocycles. The van der Waals surface area contributed by atoms with Crippen LogP contribution in [-0.2, 0) is 3.79 Å². The number of hydrogen-bond donors (Lipinski definition) is 0. The van der Waals surface area contributed by atoms with Crippen LogP contribution in [0, 0.1) is 0 Å². The fraction of sp³-hybridized carbons (Fsp3) is 1.00. The molecule has 0 rings (SSSR count). The maximum absolute atomic E-state index is 4.97. The van der Waals surface area contributed by atoms with Crippen LogP contribution in [-0.4, -0.2) is 22.7 Å². The van der Waals surface area contributed by atoms with Gasteiger partial charge in [0.15, 0.2) is 0 Å². The second-order valence-electron chi connectivity index (χ2n) is 1.57. The molecule has 38 valence electrons. The molecule has 0 radical (unpaired) electrons. The summed E-state index contributed by atoms with van der Waals surface area (Å²) < 4.78 is 4.97. The molecule has 0 saturated carbocycles. The van der Waals surface area contributed by atoms with Crippen molar-refractivity contribution in [2.45, 2.75) is 32.8 Å². The maximum atomic E-state index is 4.97. The van der Waals surface area contributed by atoms with Gasteiger partial charge < -0.3 is 0 Å². The van der Waals surface area contributed by atoms with Crippen LogP contribution in [0.2, 0.25) is 0 Å². The van der Waals surface area contributed by atoms with E-state index in [0.29, 0.717) is 6.10 Å². The first-order valence-corrected chi connectivity index (χ1v) is 3.17. The van der Waals surface area contributed by atoms with Crippen LogP contribution in [0.1, 0.15) is 26.7 Å². The Morgan fingerprint density at radius 2 is 1.86 bits per heavy atom. The Hall–Kier alpha value is 0.492. The van der Waals surface area contributed by atoms with Crippen LogP contribution in [0.25, 0.3) is 0 Å². The Balaban J connectivity index is 2.99. The summed E-state index contributed by atoms with van der Waals surface area (Å²) in [5, 5.41) is 0. The zero-order chi connectivity index (χ0) is 5.70. The van der Waals surface area contributed by atoms with Crippen LogP contribution in [0.3, 0.4) is 0 Å². The average Bonchev–Trinajstić information content (AvgIpc) is 1.72. The number of hydrogen-bond acceptors (Lipinski definition) is 1. The van der Waals surface area contributed by atoms with E-state index < -0.39 is 0 Å². The number of rotatable bonds is 3. The van der Waals surface area contributed by atoms with Crippen LogP contribution in [0.15, 0.2) is 0 Å². The Morgan fingerprint density at radius 1 is 1.43 bits per heavy atom. The molecule has 0 aliphatic rings. The Kier molecular flexibility index (Phi) is 4.97. The van der Waals surface area contributed by atoms with E-state index in [2.05, 4.69) is 30.5 Å². The average molecular weight is 114 g/mol. The molecule has 0 fully saturated rings. The van der Waals surface area contributed by atoms with E-state index in [9.17, 15) is 0 Å². The third kappa shape index (κ3) is 3.11. The van der Waals surface area contributed by atoms with E-state index in [1.807, 2.05) is 0 Å². The molecule has 0 spiro atoms. The summed E-state index contributed by atoms with van der Waals surface area (Å²) in [5.41, 5.74) is 0. The standard InChI is InChI=1S/C5H11O.Al/c1-3-5(6)4-2;/h5H,3-4H2,1-2H3;/q-1;+3. The van der Waals surface area contributed by atoms with Crippen molar-refractivity contribution < 1.29 is 3.79 Å². The molecular weight excluding hydrogens is 103 g/mol. The summed E-state index contributed by atoms with van der Waals surface area (Å²) in [5.74, 6) is 0. The van der Waals surface area contributed by atoms with Gasteiger partial charge in [0.2, 0.25) is 0 Å². The molecule has 0 aromatic rings. The van der Waals surface area contributed by atoms with Crippen LogP contribution in [0.4, 0.5) is 0 Å². The van der Waals surface area contributed by atoms with Gasteiger partial charge in [0.05, 0.1) is 0 Å². The minimum absolute atomic E-state index is 0.449. The third-order valence-corrected chi connectivity index (χ3v) is 1.49. The zero-order valence-corrected chi connectivity index (χ0v) is 6.13. The van der Waals surface area contributed by atoms with E-state index in [4.69, 9.17) is 3.79 Å². The van der Waals surface area contributed by atoms with Gasteiger partial charge in [0.25, 0.3) is 0 Å². The van der Waals surface area contributed by atoms with Crippen molar-refractivity contribution in [2.75, 3.05) is 0 Å². The molecule has 0 bridgehead atoms. The van der Waals surface area contributed by atoms with Gasteiger partial charge in [-0.1, -0.05) is 0 Å². The third-order valence-electron chi connectivity index (χ3n) is 1.10. The van der Waals surface area contributed by atoms with Crippen molar-refractivity contribution in [1.29, 1.82) is 0 Å². The molecule has 0 amide bonds. The summed E-state index contributed by atoms with van der Waals surface area (Å²) in [4.78, 5) is 0. The molecular formula is C5H11AlO+2. The van der Waals surface area contributed by atoms with Crippen molar-refractivity contribution in [3.8, 4) is 0 Å². The quantitative estimate of drug-likeness (QED) is 0.502. The van der Waals surface area contributed by atoms with Gasteiger partial charge in [-0.25, -0.2) is 0 Å². The van der Waals surface area contributed by atoms with Gasteiger partial charge in [-0.2, -0.15) is 0 Å². The normalized spacial score (nSPS) is 10.4. The van der Waals surface area contributed by atoms with Crippen molar-refractivity contribution in [3.05, 3.63) is 0 Å². The Labute approximate surface area is 53.8 Å². The second-order valence-corrected chi connectivity index (χ2v) is 1.85. The SMILES string of the molecule is CCC(CC)[O][Al+2]. The first-order chi connectivity index (χ1) is 3.35. The molecule has 0 atom stereocenters. The predicted molar refractivity (Wildman–Crippen MR) is 31.2 cm³/mol. The van der Waals surface area contributed by atoms with E-state index in [0.717, 1.165) is 12.8 Å². The van der Waals surface area contributed by atoms with Crippen LogP contribution in [0.5, 0.6) is 0 Å². The Morgan fingerprint density at radius 3 is 1.86 bits per heavy atom. The predicted octanol–water partition coefficient (Wildman–Crippen LogP) is 1.28. The molecule has 0 aromatic heterocycles. The van der Waals surface area contributed by atoms with E-state index in [1.54, 1.807) is 0 Å². The van der Waals surface area contributed by atoms with Gasteiger partial charge in [-0.3, -0.25) is 0 Å². The topological polar surface area (TPSA) is 9.23 Å². The molecule has 7 heavy (non-hydrogen) atoms. The molecule has 1 nitrogen and oxygen atoms in total. The van der Waals surface area contributed by atoms with Gasteiger partial charge in [-0.15, -0.1) is 0 Å². The molecule has 0 aliphatic heterocycles. The van der Waals surface area contributed by atoms with Crippen molar-refractivity contribution >= 4 is 16.6 Å². The van der Waals surface area contributed by atoms with Crippen molar-refractivity contribution in [2.24, 2.45) is 0 Å². The molecule has 0 heterocycles. The molecule has 0 aromatic carbocycles. The van der Waals surface area contributed by atoms with Crippen LogP contribution >= 0.6 is 0 Å². The fourth-order valence-electron chi connectivity index (χ4n) is 0.481. The zero-order valence-electron chi connectivity index (χ0n) is 4.98. The molecule has 0 unspecified atom stereocenters. The summed E-state index contributed by atoms with van der Waals surface area (Å²) >= 11 is 2.28. The summed E-state index contributed by atoms with van der Waals surface area (Å²) in [7, 11) is 0. The summed E-state index contributed by atoms with van der Waals surface area (Å²) in [6.45, 7) is 4.25. The monoisotopic (exact) mass is 114 g/mol. The minimum atomic E-state index is 0.449. The second kappa shape index (κ2) is 4.65. The van der Waals surface area contributed by atoms with E-state index in [1.165, 1.54) is 0 Å². The first-order valence-electron chi connectivity index (χ1n) is 2.70. The van der Waals surface area contributed by atoms with E-state index in [-0.39, 0.29) is 0 Å². The van der Waals surface area contributed by atoms with Crippen molar-refractivity contribution in [1.82, 2.24) is 0 Å². The first kappa shape index (κ1) is 7.49. The molecule has 0 N–H and O–H groups in total. The van der Waals surface area contributed by atoms with E-state index >= 15 is 0 Å². The fourth-order valence-corrected chi connectivity index (χ4v) is 0.866. The van der Waals surface area contributed by atoms with Gasteiger partial charge >= 0.3 is 53.2 Å². The molecule has 2 heteroatoms. The molecule has 0 saturated heterocycles. The summed E-state index contributed by atoms with van der Waals surface area (Å²) in [6, 6.07) is 0. The van der Waals surface area contributed by atoms with Crippen LogP contribution < -0.4 is 0 Å². The van der Waals surface area contributed by atoms with Gasteiger partial charge in [0.1, 0.15) is 0 Å².